The Hall–Kier alpha value is -1.34. The molecule has 0 spiro atoms. The van der Waals surface area contributed by atoms with Crippen molar-refractivity contribution in [2.24, 2.45) is 0 Å². The summed E-state index contributed by atoms with van der Waals surface area (Å²) >= 11 is 0. The number of hydrogen-bond acceptors (Lipinski definition) is 2. The van der Waals surface area contributed by atoms with Crippen molar-refractivity contribution in [3.05, 3.63) is 0 Å². The largest absolute Gasteiger partial charge is 0.480 e. The van der Waals surface area contributed by atoms with Crippen LogP contribution < -0.4 is 0 Å². The van der Waals surface area contributed by atoms with Gasteiger partial charge in [0.15, 0.2) is 0 Å². The van der Waals surface area contributed by atoms with Crippen LogP contribution in [0.5, 0.6) is 0 Å². The molecule has 0 radical (unpaired) electrons. The topological polar surface area (TPSA) is 57.6 Å². The van der Waals surface area contributed by atoms with Crippen molar-refractivity contribution in [1.29, 1.82) is 0 Å². The van der Waals surface area contributed by atoms with E-state index < -0.39 is 36.8 Å². The summed E-state index contributed by atoms with van der Waals surface area (Å²) in [4.78, 5) is 21.7. The smallest absolute Gasteiger partial charge is 0.383 e. The molecule has 0 aromatic carbocycles. The second-order valence-electron chi connectivity index (χ2n) is 3.48. The van der Waals surface area contributed by atoms with Crippen LogP contribution in [-0.4, -0.2) is 46.8 Å². The van der Waals surface area contributed by atoms with Crippen molar-refractivity contribution in [3.8, 4) is 0 Å². The quantitative estimate of drug-likeness (QED) is 0.732. The van der Waals surface area contributed by atoms with Crippen molar-refractivity contribution in [2.75, 3.05) is 6.54 Å². The number of alkyl halides is 4. The lowest BCUT2D eigenvalue weighted by atomic mass is 10.3. The lowest BCUT2D eigenvalue weighted by Gasteiger charge is -2.24. The molecule has 1 aliphatic carbocycles. The van der Waals surface area contributed by atoms with Gasteiger partial charge in [0.1, 0.15) is 6.54 Å². The molecule has 4 nitrogen and oxygen atoms in total. The summed E-state index contributed by atoms with van der Waals surface area (Å²) in [5.74, 6) is -8.45. The Morgan fingerprint density at radius 2 is 1.88 bits per heavy atom. The molecule has 0 bridgehead atoms. The highest BCUT2D eigenvalue weighted by molar-refractivity contribution is 5.87. The number of carbonyl (C=O) groups excluding carboxylic acids is 1. The normalized spacial score (nSPS) is 16.3. The molecule has 92 valence electrons. The van der Waals surface area contributed by atoms with Crippen molar-refractivity contribution < 1.29 is 32.3 Å². The van der Waals surface area contributed by atoms with Crippen LogP contribution in [0.1, 0.15) is 12.8 Å². The third kappa shape index (κ3) is 2.61. The van der Waals surface area contributed by atoms with Gasteiger partial charge >= 0.3 is 18.3 Å². The Morgan fingerprint density at radius 1 is 1.38 bits per heavy atom. The van der Waals surface area contributed by atoms with Crippen molar-refractivity contribution >= 4 is 11.9 Å². The van der Waals surface area contributed by atoms with Crippen LogP contribution in [0, 0.1) is 0 Å². The van der Waals surface area contributed by atoms with E-state index in [9.17, 15) is 27.2 Å². The summed E-state index contributed by atoms with van der Waals surface area (Å²) in [6.07, 6.45) is -3.41. The first-order chi connectivity index (χ1) is 7.26. The minimum atomic E-state index is -4.82. The zero-order valence-electron chi connectivity index (χ0n) is 8.00. The molecule has 1 aliphatic rings. The molecule has 1 saturated carbocycles. The third-order valence-electron chi connectivity index (χ3n) is 2.11. The molecule has 0 aliphatic heterocycles. The molecule has 0 aromatic rings. The Morgan fingerprint density at radius 3 is 2.19 bits per heavy atom. The van der Waals surface area contributed by atoms with Gasteiger partial charge in [0, 0.05) is 6.04 Å². The van der Waals surface area contributed by atoms with E-state index in [0.717, 1.165) is 0 Å². The molecule has 1 N–H and O–H groups in total. The van der Waals surface area contributed by atoms with E-state index in [2.05, 4.69) is 0 Å². The molecule has 1 rings (SSSR count). The fourth-order valence-corrected chi connectivity index (χ4v) is 1.18. The molecule has 1 amide bonds. The number of carboxylic acid groups (broad SMARTS) is 1. The minimum absolute atomic E-state index is 0.300. The maximum Gasteiger partial charge on any atom is 0.383 e. The summed E-state index contributed by atoms with van der Waals surface area (Å²) in [5, 5.41) is 8.39. The van der Waals surface area contributed by atoms with Crippen LogP contribution in [0.15, 0.2) is 0 Å². The average Bonchev–Trinajstić information content (AvgIpc) is 2.95. The van der Waals surface area contributed by atoms with Gasteiger partial charge in [-0.25, -0.2) is 8.78 Å². The Labute approximate surface area is 87.8 Å². The molecule has 0 unspecified atom stereocenters. The molecule has 0 atom stereocenters. The first-order valence-corrected chi connectivity index (χ1v) is 4.45. The standard InChI is InChI=1S/C8H9F4NO3/c9-6(10)8(11,12)7(16)13(3-5(14)15)4-1-2-4/h4,6H,1-3H2,(H,14,15). The van der Waals surface area contributed by atoms with E-state index in [0.29, 0.717) is 17.7 Å². The van der Waals surface area contributed by atoms with Crippen LogP contribution in [0.4, 0.5) is 17.6 Å². The lowest BCUT2D eigenvalue weighted by molar-refractivity contribution is -0.182. The molecule has 0 aromatic heterocycles. The van der Waals surface area contributed by atoms with Gasteiger partial charge in [-0.15, -0.1) is 0 Å². The van der Waals surface area contributed by atoms with Gasteiger partial charge in [0.2, 0.25) is 0 Å². The number of aliphatic carboxylic acids is 1. The van der Waals surface area contributed by atoms with Gasteiger partial charge in [-0.3, -0.25) is 9.59 Å². The number of nitrogens with zero attached hydrogens (tertiary/aromatic N) is 1. The number of amides is 1. The maximum absolute atomic E-state index is 12.7. The van der Waals surface area contributed by atoms with E-state index in [1.807, 2.05) is 0 Å². The van der Waals surface area contributed by atoms with Crippen molar-refractivity contribution in [2.45, 2.75) is 31.2 Å². The highest BCUT2D eigenvalue weighted by atomic mass is 19.3. The van der Waals surface area contributed by atoms with Gasteiger partial charge in [0.05, 0.1) is 0 Å². The van der Waals surface area contributed by atoms with Gasteiger partial charge in [-0.2, -0.15) is 8.78 Å². The van der Waals surface area contributed by atoms with Crippen LogP contribution in [0.2, 0.25) is 0 Å². The molecule has 8 heteroatoms. The lowest BCUT2D eigenvalue weighted by Crippen LogP contribution is -2.50. The fraction of sp³-hybridized carbons (Fsp3) is 0.750. The SMILES string of the molecule is O=C(O)CN(C(=O)C(F)(F)C(F)F)C1CC1. The first kappa shape index (κ1) is 12.7. The van der Waals surface area contributed by atoms with Crippen LogP contribution in [0.25, 0.3) is 0 Å². The number of rotatable bonds is 5. The Bertz CT molecular complexity index is 304. The highest BCUT2D eigenvalue weighted by Crippen LogP contribution is 2.32. The second kappa shape index (κ2) is 4.26. The third-order valence-corrected chi connectivity index (χ3v) is 2.11. The second-order valence-corrected chi connectivity index (χ2v) is 3.48. The van der Waals surface area contributed by atoms with Crippen molar-refractivity contribution in [3.63, 3.8) is 0 Å². The molecule has 1 fully saturated rings. The molecule has 16 heavy (non-hydrogen) atoms. The predicted molar refractivity (Wildman–Crippen MR) is 43.3 cm³/mol. The molecular formula is C8H9F4NO3. The highest BCUT2D eigenvalue weighted by Gasteiger charge is 2.53. The van der Waals surface area contributed by atoms with E-state index in [-0.39, 0.29) is 0 Å². The Kier molecular flexibility index (Phi) is 3.39. The zero-order chi connectivity index (χ0) is 12.5. The number of hydrogen-bond donors (Lipinski definition) is 1. The number of carbonyl (C=O) groups is 2. The first-order valence-electron chi connectivity index (χ1n) is 4.45. The molecule has 0 heterocycles. The van der Waals surface area contributed by atoms with Crippen LogP contribution in [-0.2, 0) is 9.59 Å². The van der Waals surface area contributed by atoms with Crippen LogP contribution in [0.3, 0.4) is 0 Å². The van der Waals surface area contributed by atoms with E-state index in [4.69, 9.17) is 5.11 Å². The summed E-state index contributed by atoms with van der Waals surface area (Å²) < 4.78 is 49.2. The summed E-state index contributed by atoms with van der Waals surface area (Å²) in [6.45, 7) is -0.980. The Balaban J connectivity index is 2.78. The number of halogens is 4. The number of carboxylic acids is 1. The van der Waals surface area contributed by atoms with E-state index in [1.54, 1.807) is 0 Å². The summed E-state index contributed by atoms with van der Waals surface area (Å²) in [6, 6.07) is -0.659. The predicted octanol–water partition coefficient (Wildman–Crippen LogP) is 0.962. The zero-order valence-corrected chi connectivity index (χ0v) is 8.00. The van der Waals surface area contributed by atoms with Gasteiger partial charge in [-0.1, -0.05) is 0 Å². The van der Waals surface area contributed by atoms with E-state index in [1.165, 1.54) is 0 Å². The molecular weight excluding hydrogens is 234 g/mol. The average molecular weight is 243 g/mol. The summed E-state index contributed by atoms with van der Waals surface area (Å²) in [5.41, 5.74) is 0. The van der Waals surface area contributed by atoms with Crippen molar-refractivity contribution in [1.82, 2.24) is 4.90 Å². The fourth-order valence-electron chi connectivity index (χ4n) is 1.18. The summed E-state index contributed by atoms with van der Waals surface area (Å²) in [7, 11) is 0. The minimum Gasteiger partial charge on any atom is -0.480 e. The van der Waals surface area contributed by atoms with Crippen LogP contribution >= 0.6 is 0 Å². The van der Waals surface area contributed by atoms with Gasteiger partial charge in [-0.05, 0) is 12.8 Å². The maximum atomic E-state index is 12.7. The van der Waals surface area contributed by atoms with Gasteiger partial charge < -0.3 is 10.0 Å². The van der Waals surface area contributed by atoms with Gasteiger partial charge in [0.25, 0.3) is 5.91 Å². The van der Waals surface area contributed by atoms with E-state index >= 15 is 0 Å². The monoisotopic (exact) mass is 243 g/mol. The molecule has 0 saturated heterocycles.